The molecule has 1 heterocycles. The number of thioether (sulfide) groups is 1. The highest BCUT2D eigenvalue weighted by Gasteiger charge is 2.32. The van der Waals surface area contributed by atoms with Gasteiger partial charge in [-0.3, -0.25) is 9.69 Å². The second kappa shape index (κ2) is 11.1. The quantitative estimate of drug-likeness (QED) is 0.291. The van der Waals surface area contributed by atoms with Gasteiger partial charge < -0.3 is 4.74 Å². The Morgan fingerprint density at radius 2 is 1.97 bits per heavy atom. The molecule has 5 nitrogen and oxygen atoms in total. The Balaban J connectivity index is 1.56. The molecule has 4 rings (SSSR count). The monoisotopic (exact) mass is 569 g/mol. The molecule has 1 fully saturated rings. The van der Waals surface area contributed by atoms with E-state index >= 15 is 0 Å². The summed E-state index contributed by atoms with van der Waals surface area (Å²) >= 11 is 11.2. The van der Waals surface area contributed by atoms with Crippen molar-refractivity contribution in [1.82, 2.24) is 4.90 Å². The number of nitrogens with zero attached hydrogens (tertiary/aromatic N) is 3. The zero-order valence-corrected chi connectivity index (χ0v) is 21.6. The van der Waals surface area contributed by atoms with Crippen LogP contribution in [0.5, 0.6) is 5.75 Å². The lowest BCUT2D eigenvalue weighted by Crippen LogP contribution is -2.28. The van der Waals surface area contributed by atoms with Crippen molar-refractivity contribution in [1.29, 1.82) is 5.26 Å². The van der Waals surface area contributed by atoms with Gasteiger partial charge in [-0.2, -0.15) is 5.26 Å². The maximum absolute atomic E-state index is 13.2. The van der Waals surface area contributed by atoms with E-state index in [9.17, 15) is 14.4 Å². The van der Waals surface area contributed by atoms with Crippen LogP contribution in [-0.2, 0) is 11.4 Å². The zero-order valence-electron chi connectivity index (χ0n) is 18.5. The van der Waals surface area contributed by atoms with Crippen molar-refractivity contribution in [3.8, 4) is 11.8 Å². The molecule has 1 amide bonds. The molecular formula is C26H18BrClFN3O2S. The third-order valence-corrected chi connectivity index (χ3v) is 6.96. The van der Waals surface area contributed by atoms with Crippen molar-refractivity contribution in [2.24, 2.45) is 4.99 Å². The first kappa shape index (κ1) is 25.0. The number of ether oxygens (including phenoxy) is 1. The average molecular weight is 571 g/mol. The Hall–Kier alpha value is -3.12. The highest BCUT2D eigenvalue weighted by Crippen LogP contribution is 2.38. The summed E-state index contributed by atoms with van der Waals surface area (Å²) in [5.41, 5.74) is 2.56. The number of carbonyl (C=O) groups is 1. The fraction of sp³-hybridized carbons (Fsp3) is 0.115. The van der Waals surface area contributed by atoms with Crippen LogP contribution in [0.25, 0.3) is 6.08 Å². The third-order valence-electron chi connectivity index (χ3n) is 5.08. The minimum absolute atomic E-state index is 0.168. The van der Waals surface area contributed by atoms with Gasteiger partial charge in [0.15, 0.2) is 10.9 Å². The number of rotatable bonds is 6. The second-order valence-corrected chi connectivity index (χ2v) is 9.67. The molecule has 0 unspecified atom stereocenters. The lowest BCUT2D eigenvalue weighted by molar-refractivity contribution is -0.122. The smallest absolute Gasteiger partial charge is 0.266 e. The largest absolute Gasteiger partial charge is 0.486 e. The maximum atomic E-state index is 13.2. The SMILES string of the molecule is CCN1C(=O)/C(=C\c2cc(Cl)c(OCc3ccccc3C#N)c(Br)c2)SC1=Nc1ccc(F)cc1. The topological polar surface area (TPSA) is 65.7 Å². The predicted molar refractivity (Wildman–Crippen MR) is 141 cm³/mol. The summed E-state index contributed by atoms with van der Waals surface area (Å²) in [5, 5.41) is 10.2. The standard InChI is InChI=1S/C26H18BrClFN3O2S/c1-2-32-25(33)23(35-26(32)31-20-9-7-19(29)8-10-20)13-16-11-21(27)24(22(28)12-16)34-15-18-6-4-3-5-17(18)14-30/h3-13H,2,15H2,1H3/b23-13+,31-26?. The first-order chi connectivity index (χ1) is 16.9. The van der Waals surface area contributed by atoms with E-state index in [1.807, 2.05) is 25.1 Å². The van der Waals surface area contributed by atoms with E-state index in [0.717, 1.165) is 5.56 Å². The average Bonchev–Trinajstić information content (AvgIpc) is 3.13. The lowest BCUT2D eigenvalue weighted by atomic mass is 10.1. The van der Waals surface area contributed by atoms with Gasteiger partial charge in [-0.25, -0.2) is 9.38 Å². The van der Waals surface area contributed by atoms with Crippen molar-refractivity contribution in [3.63, 3.8) is 0 Å². The summed E-state index contributed by atoms with van der Waals surface area (Å²) in [6.45, 7) is 2.50. The molecule has 0 spiro atoms. The summed E-state index contributed by atoms with van der Waals surface area (Å²) in [6, 6.07) is 18.6. The minimum atomic E-state index is -0.346. The molecule has 0 aromatic heterocycles. The fourth-order valence-corrected chi connectivity index (χ4v) is 5.40. The molecule has 1 aliphatic rings. The number of carbonyl (C=O) groups excluding carboxylic acids is 1. The third kappa shape index (κ3) is 5.76. The van der Waals surface area contributed by atoms with E-state index in [4.69, 9.17) is 16.3 Å². The van der Waals surface area contributed by atoms with E-state index in [1.54, 1.807) is 41.3 Å². The molecule has 0 N–H and O–H groups in total. The van der Waals surface area contributed by atoms with Crippen LogP contribution < -0.4 is 4.74 Å². The van der Waals surface area contributed by atoms with E-state index < -0.39 is 0 Å². The maximum Gasteiger partial charge on any atom is 0.266 e. The number of nitriles is 1. The Kier molecular flexibility index (Phi) is 7.91. The molecule has 0 radical (unpaired) electrons. The number of hydrogen-bond donors (Lipinski definition) is 0. The first-order valence-electron chi connectivity index (χ1n) is 10.5. The molecule has 35 heavy (non-hydrogen) atoms. The normalized spacial score (nSPS) is 15.6. The van der Waals surface area contributed by atoms with Gasteiger partial charge >= 0.3 is 0 Å². The van der Waals surface area contributed by atoms with Gasteiger partial charge in [0.25, 0.3) is 5.91 Å². The molecule has 0 atom stereocenters. The van der Waals surface area contributed by atoms with Crippen molar-refractivity contribution >= 4 is 62.1 Å². The van der Waals surface area contributed by atoms with Crippen LogP contribution in [0.4, 0.5) is 10.1 Å². The van der Waals surface area contributed by atoms with Gasteiger partial charge in [0.1, 0.15) is 12.4 Å². The van der Waals surface area contributed by atoms with Crippen molar-refractivity contribution in [3.05, 3.63) is 97.6 Å². The number of likely N-dealkylation sites (N-methyl/N-ethyl adjacent to an activating group) is 1. The Bertz CT molecular complexity index is 1360. The Labute approximate surface area is 220 Å². The number of amidine groups is 1. The van der Waals surface area contributed by atoms with Crippen LogP contribution in [-0.4, -0.2) is 22.5 Å². The number of aliphatic imine (C=N–C) groups is 1. The van der Waals surface area contributed by atoms with Gasteiger partial charge in [0.05, 0.1) is 31.7 Å². The zero-order chi connectivity index (χ0) is 24.9. The van der Waals surface area contributed by atoms with E-state index in [1.165, 1.54) is 23.9 Å². The molecule has 0 bridgehead atoms. The Morgan fingerprint density at radius 1 is 1.23 bits per heavy atom. The summed E-state index contributed by atoms with van der Waals surface area (Å²) in [7, 11) is 0. The number of halogens is 3. The molecule has 1 aliphatic heterocycles. The summed E-state index contributed by atoms with van der Waals surface area (Å²) in [5.74, 6) is -0.0686. The molecule has 3 aromatic rings. The van der Waals surface area contributed by atoms with Crippen LogP contribution in [0.2, 0.25) is 5.02 Å². The summed E-state index contributed by atoms with van der Waals surface area (Å²) < 4.78 is 19.7. The van der Waals surface area contributed by atoms with Crippen LogP contribution in [0.15, 0.2) is 75.0 Å². The van der Waals surface area contributed by atoms with Gasteiger partial charge in [0.2, 0.25) is 0 Å². The van der Waals surface area contributed by atoms with Crippen LogP contribution in [0.3, 0.4) is 0 Å². The Morgan fingerprint density at radius 3 is 2.66 bits per heavy atom. The summed E-state index contributed by atoms with van der Waals surface area (Å²) in [6.07, 6.45) is 1.74. The van der Waals surface area contributed by atoms with Crippen molar-refractivity contribution in [2.75, 3.05) is 6.54 Å². The molecule has 0 aliphatic carbocycles. The van der Waals surface area contributed by atoms with Gasteiger partial charge in [-0.15, -0.1) is 0 Å². The van der Waals surface area contributed by atoms with Crippen LogP contribution in [0.1, 0.15) is 23.6 Å². The van der Waals surface area contributed by atoms with Crippen molar-refractivity contribution in [2.45, 2.75) is 13.5 Å². The van der Waals surface area contributed by atoms with E-state index in [-0.39, 0.29) is 18.3 Å². The summed E-state index contributed by atoms with van der Waals surface area (Å²) in [4.78, 5) is 19.5. The van der Waals surface area contributed by atoms with Crippen molar-refractivity contribution < 1.29 is 13.9 Å². The van der Waals surface area contributed by atoms with E-state index in [0.29, 0.717) is 48.7 Å². The molecule has 3 aromatic carbocycles. The van der Waals surface area contributed by atoms with Gasteiger partial charge in [0, 0.05) is 12.1 Å². The number of benzene rings is 3. The lowest BCUT2D eigenvalue weighted by Gasteiger charge is -2.12. The van der Waals surface area contributed by atoms with Crippen LogP contribution in [0, 0.1) is 17.1 Å². The molecule has 9 heteroatoms. The van der Waals surface area contributed by atoms with Gasteiger partial charge in [-0.05, 0) is 88.7 Å². The molecule has 0 saturated carbocycles. The predicted octanol–water partition coefficient (Wildman–Crippen LogP) is 7.32. The highest BCUT2D eigenvalue weighted by atomic mass is 79.9. The van der Waals surface area contributed by atoms with Gasteiger partial charge in [-0.1, -0.05) is 29.8 Å². The number of hydrogen-bond acceptors (Lipinski definition) is 5. The highest BCUT2D eigenvalue weighted by molar-refractivity contribution is 9.10. The van der Waals surface area contributed by atoms with E-state index in [2.05, 4.69) is 27.0 Å². The minimum Gasteiger partial charge on any atom is -0.486 e. The second-order valence-electron chi connectivity index (χ2n) is 7.40. The van der Waals surface area contributed by atoms with Crippen LogP contribution >= 0.6 is 39.3 Å². The number of amides is 1. The molecule has 176 valence electrons. The molecular weight excluding hydrogens is 553 g/mol. The first-order valence-corrected chi connectivity index (χ1v) is 12.5. The fourth-order valence-electron chi connectivity index (χ4n) is 3.35. The molecule has 1 saturated heterocycles.